The van der Waals surface area contributed by atoms with Crippen molar-refractivity contribution in [2.75, 3.05) is 31.7 Å². The lowest BCUT2D eigenvalue weighted by molar-refractivity contribution is -0.139. The molecule has 0 saturated carbocycles. The number of benzene rings is 1. The van der Waals surface area contributed by atoms with Crippen LogP contribution >= 0.6 is 11.3 Å². The molecule has 3 heterocycles. The molecule has 1 aromatic carbocycles. The molecule has 3 amide bonds. The second-order valence-electron chi connectivity index (χ2n) is 7.40. The molecule has 9 nitrogen and oxygen atoms in total. The lowest BCUT2D eigenvalue weighted by Gasteiger charge is -2.31. The van der Waals surface area contributed by atoms with Gasteiger partial charge in [-0.05, 0) is 37.5 Å². The van der Waals surface area contributed by atoms with E-state index >= 15 is 0 Å². The second kappa shape index (κ2) is 7.60. The number of nitrogens with one attached hydrogen (secondary N) is 2. The van der Waals surface area contributed by atoms with Crippen LogP contribution in [0.4, 0.5) is 5.13 Å². The number of carbonyl (C=O) groups is 3. The summed E-state index contributed by atoms with van der Waals surface area (Å²) >= 11 is 1.40. The van der Waals surface area contributed by atoms with E-state index in [-0.39, 0.29) is 37.0 Å². The Bertz CT molecular complexity index is 1040. The van der Waals surface area contributed by atoms with Crippen LogP contribution in [0.5, 0.6) is 11.5 Å². The smallest absolute Gasteiger partial charge is 0.257 e. The van der Waals surface area contributed by atoms with Crippen molar-refractivity contribution >= 4 is 34.2 Å². The van der Waals surface area contributed by atoms with Gasteiger partial charge in [-0.1, -0.05) is 0 Å². The lowest BCUT2D eigenvalue weighted by Crippen LogP contribution is -2.51. The van der Waals surface area contributed by atoms with Crippen LogP contribution in [0.3, 0.4) is 0 Å². The van der Waals surface area contributed by atoms with Crippen LogP contribution in [-0.2, 0) is 16.0 Å². The number of aryl methyl sites for hydroxylation is 1. The highest BCUT2D eigenvalue weighted by molar-refractivity contribution is 7.16. The van der Waals surface area contributed by atoms with Crippen LogP contribution in [0.15, 0.2) is 18.2 Å². The van der Waals surface area contributed by atoms with Crippen molar-refractivity contribution < 1.29 is 23.9 Å². The highest BCUT2D eigenvalue weighted by Gasteiger charge is 2.34. The number of thiazole rings is 1. The molecule has 1 aromatic heterocycles. The van der Waals surface area contributed by atoms with Crippen LogP contribution in [0.2, 0.25) is 0 Å². The first-order chi connectivity index (χ1) is 14.6. The van der Waals surface area contributed by atoms with Crippen molar-refractivity contribution in [2.24, 2.45) is 0 Å². The number of fused-ring (bicyclic) bond motifs is 2. The summed E-state index contributed by atoms with van der Waals surface area (Å²) in [7, 11) is 0. The van der Waals surface area contributed by atoms with Crippen molar-refractivity contribution in [3.05, 3.63) is 34.3 Å². The molecule has 2 N–H and O–H groups in total. The Balaban J connectivity index is 1.33. The van der Waals surface area contributed by atoms with E-state index in [9.17, 15) is 14.4 Å². The zero-order valence-electron chi connectivity index (χ0n) is 16.1. The quantitative estimate of drug-likeness (QED) is 0.767. The number of nitrogens with zero attached hydrogens (tertiary/aromatic N) is 2. The van der Waals surface area contributed by atoms with Gasteiger partial charge in [0.05, 0.1) is 18.2 Å². The zero-order chi connectivity index (χ0) is 20.7. The van der Waals surface area contributed by atoms with E-state index in [1.54, 1.807) is 23.1 Å². The first-order valence-corrected chi connectivity index (χ1v) is 10.7. The van der Waals surface area contributed by atoms with Gasteiger partial charge in [-0.15, -0.1) is 11.3 Å². The van der Waals surface area contributed by atoms with Crippen molar-refractivity contribution in [3.63, 3.8) is 0 Å². The van der Waals surface area contributed by atoms with Gasteiger partial charge in [0, 0.05) is 23.5 Å². The Morgan fingerprint density at radius 3 is 3.00 bits per heavy atom. The molecule has 1 fully saturated rings. The molecule has 3 aliphatic rings. The summed E-state index contributed by atoms with van der Waals surface area (Å²) in [5, 5.41) is 6.04. The summed E-state index contributed by atoms with van der Waals surface area (Å²) < 4.78 is 10.6. The summed E-state index contributed by atoms with van der Waals surface area (Å²) in [6.07, 6.45) is 2.40. The van der Waals surface area contributed by atoms with Crippen molar-refractivity contribution in [1.82, 2.24) is 15.2 Å². The molecule has 0 radical (unpaired) electrons. The molecule has 156 valence electrons. The largest absolute Gasteiger partial charge is 0.454 e. The van der Waals surface area contributed by atoms with E-state index in [1.165, 1.54) is 11.3 Å². The molecule has 2 aromatic rings. The summed E-state index contributed by atoms with van der Waals surface area (Å²) in [5.41, 5.74) is 1.17. The number of hydrogen-bond donors (Lipinski definition) is 2. The van der Waals surface area contributed by atoms with Crippen LogP contribution < -0.4 is 20.1 Å². The van der Waals surface area contributed by atoms with Gasteiger partial charge in [-0.2, -0.15) is 0 Å². The van der Waals surface area contributed by atoms with Gasteiger partial charge in [-0.3, -0.25) is 19.7 Å². The lowest BCUT2D eigenvalue weighted by atomic mass is 9.89. The number of aromatic nitrogens is 1. The fourth-order valence-electron chi connectivity index (χ4n) is 3.97. The molecule has 5 rings (SSSR count). The number of hydrogen-bond acceptors (Lipinski definition) is 7. The van der Waals surface area contributed by atoms with E-state index in [4.69, 9.17) is 9.47 Å². The third-order valence-electron chi connectivity index (χ3n) is 5.46. The van der Waals surface area contributed by atoms with E-state index < -0.39 is 0 Å². The highest BCUT2D eigenvalue weighted by Crippen LogP contribution is 2.38. The molecule has 2 aliphatic heterocycles. The topological polar surface area (TPSA) is 110 Å². The van der Waals surface area contributed by atoms with Gasteiger partial charge >= 0.3 is 0 Å². The van der Waals surface area contributed by atoms with Gasteiger partial charge in [-0.25, -0.2) is 4.98 Å². The Hall–Kier alpha value is -3.14. The summed E-state index contributed by atoms with van der Waals surface area (Å²) in [6.45, 7) is 1.21. The maximum atomic E-state index is 13.0. The number of anilines is 1. The molecular formula is C20H20N4O5S. The SMILES string of the molecule is O=C1CN(C(=O)C2CCCc3sc(NC(=O)c4ccc5c(c4)OCO5)nc32)CCN1. The summed E-state index contributed by atoms with van der Waals surface area (Å²) in [5.74, 6) is 0.286. The first kappa shape index (κ1) is 18.9. The monoisotopic (exact) mass is 428 g/mol. The second-order valence-corrected chi connectivity index (χ2v) is 8.49. The Morgan fingerprint density at radius 2 is 2.13 bits per heavy atom. The molecule has 1 atom stereocenters. The third-order valence-corrected chi connectivity index (χ3v) is 6.50. The predicted octanol–water partition coefficient (Wildman–Crippen LogP) is 1.50. The number of carbonyl (C=O) groups excluding carboxylic acids is 3. The van der Waals surface area contributed by atoms with Crippen molar-refractivity contribution in [2.45, 2.75) is 25.2 Å². The average Bonchev–Trinajstić information content (AvgIpc) is 3.38. The van der Waals surface area contributed by atoms with Crippen LogP contribution in [0, 0.1) is 0 Å². The van der Waals surface area contributed by atoms with Crippen molar-refractivity contribution in [3.8, 4) is 11.5 Å². The Kier molecular flexibility index (Phi) is 4.78. The average molecular weight is 428 g/mol. The minimum atomic E-state index is -0.368. The molecule has 30 heavy (non-hydrogen) atoms. The Labute approximate surface area is 176 Å². The Morgan fingerprint density at radius 1 is 1.27 bits per heavy atom. The fraction of sp³-hybridized carbons (Fsp3) is 0.400. The molecular weight excluding hydrogens is 408 g/mol. The molecule has 1 unspecified atom stereocenters. The third kappa shape index (κ3) is 3.47. The standard InChI is InChI=1S/C20H20N4O5S/c25-16-9-24(7-6-21-16)19(27)12-2-1-3-15-17(12)22-20(30-15)23-18(26)11-4-5-13-14(8-11)29-10-28-13/h4-5,8,12H,1-3,6-7,9-10H2,(H,21,25)(H,22,23,26). The normalized spacial score (nSPS) is 19.8. The number of ether oxygens (including phenoxy) is 2. The van der Waals surface area contributed by atoms with Gasteiger partial charge in [0.15, 0.2) is 16.6 Å². The molecule has 10 heteroatoms. The highest BCUT2D eigenvalue weighted by atomic mass is 32.1. The van der Waals surface area contributed by atoms with Gasteiger partial charge in [0.1, 0.15) is 0 Å². The maximum absolute atomic E-state index is 13.0. The van der Waals surface area contributed by atoms with Gasteiger partial charge in [0.25, 0.3) is 5.91 Å². The van der Waals surface area contributed by atoms with E-state index in [2.05, 4.69) is 15.6 Å². The zero-order valence-corrected chi connectivity index (χ0v) is 16.9. The molecule has 1 saturated heterocycles. The predicted molar refractivity (Wildman–Crippen MR) is 108 cm³/mol. The van der Waals surface area contributed by atoms with Crippen LogP contribution in [0.25, 0.3) is 0 Å². The number of rotatable bonds is 3. The van der Waals surface area contributed by atoms with E-state index in [1.807, 2.05) is 0 Å². The van der Waals surface area contributed by atoms with E-state index in [0.717, 1.165) is 23.4 Å². The fourth-order valence-corrected chi connectivity index (χ4v) is 5.03. The molecule has 0 spiro atoms. The van der Waals surface area contributed by atoms with Gasteiger partial charge < -0.3 is 19.7 Å². The van der Waals surface area contributed by atoms with Crippen LogP contribution in [0.1, 0.15) is 39.7 Å². The number of piperazine rings is 1. The van der Waals surface area contributed by atoms with Crippen molar-refractivity contribution in [1.29, 1.82) is 0 Å². The number of amides is 3. The van der Waals surface area contributed by atoms with Crippen LogP contribution in [-0.4, -0.2) is 54.0 Å². The minimum Gasteiger partial charge on any atom is -0.454 e. The summed E-state index contributed by atoms with van der Waals surface area (Å²) in [4.78, 5) is 44.5. The van der Waals surface area contributed by atoms with E-state index in [0.29, 0.717) is 41.7 Å². The minimum absolute atomic E-state index is 0.0650. The summed E-state index contributed by atoms with van der Waals surface area (Å²) in [6, 6.07) is 5.01. The molecule has 0 bridgehead atoms. The first-order valence-electron chi connectivity index (χ1n) is 9.84. The maximum Gasteiger partial charge on any atom is 0.257 e. The molecule has 1 aliphatic carbocycles. The van der Waals surface area contributed by atoms with Gasteiger partial charge in [0.2, 0.25) is 18.6 Å².